The molecule has 0 amide bonds. The summed E-state index contributed by atoms with van der Waals surface area (Å²) in [5, 5.41) is 10.0. The van der Waals surface area contributed by atoms with Gasteiger partial charge in [0.15, 0.2) is 0 Å². The van der Waals surface area contributed by atoms with Gasteiger partial charge in [0.05, 0.1) is 36.3 Å². The number of nitrogens with one attached hydrogen (secondary N) is 1. The standard InChI is InChI=1S/C27H25F2N7O4/c1-33-24(38)21-4-3-17(9-22(21)36(33)13-18-8-16(15-37)2-5-23(18)40-25(28)29)19-10-30-26(31-11-19)34-6-7-35-20(14-34)12-32-27(35)39/h2-5,8-12,25,37H,6-7,13-15H2,1H3,(H,32,39). The number of anilines is 1. The van der Waals surface area contributed by atoms with Gasteiger partial charge in [0.25, 0.3) is 5.56 Å². The predicted molar refractivity (Wildman–Crippen MR) is 142 cm³/mol. The van der Waals surface area contributed by atoms with Crippen molar-refractivity contribution in [2.75, 3.05) is 11.4 Å². The lowest BCUT2D eigenvalue weighted by Crippen LogP contribution is -2.37. The van der Waals surface area contributed by atoms with Crippen molar-refractivity contribution in [3.8, 4) is 16.9 Å². The van der Waals surface area contributed by atoms with E-state index in [0.717, 1.165) is 16.8 Å². The van der Waals surface area contributed by atoms with Crippen molar-refractivity contribution >= 4 is 16.9 Å². The summed E-state index contributed by atoms with van der Waals surface area (Å²) in [6.45, 7) is -1.58. The second kappa shape index (κ2) is 10.1. The molecule has 2 N–H and O–H groups in total. The van der Waals surface area contributed by atoms with Crippen LogP contribution in [0.3, 0.4) is 0 Å². The minimum atomic E-state index is -3.02. The first-order valence-electron chi connectivity index (χ1n) is 12.5. The molecule has 0 radical (unpaired) electrons. The maximum absolute atomic E-state index is 13.0. The number of nitrogens with zero attached hydrogens (tertiary/aromatic N) is 6. The molecule has 0 saturated carbocycles. The maximum atomic E-state index is 13.0. The second-order valence-corrected chi connectivity index (χ2v) is 9.53. The number of fused-ring (bicyclic) bond motifs is 2. The lowest BCUT2D eigenvalue weighted by Gasteiger charge is -2.27. The Hall–Kier alpha value is -4.78. The summed E-state index contributed by atoms with van der Waals surface area (Å²) >= 11 is 0. The molecule has 1 aliphatic rings. The van der Waals surface area contributed by atoms with Gasteiger partial charge >= 0.3 is 12.3 Å². The van der Waals surface area contributed by atoms with E-state index < -0.39 is 6.61 Å². The quantitative estimate of drug-likeness (QED) is 0.320. The average molecular weight is 550 g/mol. The van der Waals surface area contributed by atoms with E-state index in [4.69, 9.17) is 4.74 Å². The fraction of sp³-hybridized carbons (Fsp3) is 0.259. The Labute approximate surface area is 225 Å². The van der Waals surface area contributed by atoms with Gasteiger partial charge in [-0.2, -0.15) is 8.78 Å². The highest BCUT2D eigenvalue weighted by atomic mass is 19.3. The summed E-state index contributed by atoms with van der Waals surface area (Å²) in [6, 6.07) is 9.84. The Balaban J connectivity index is 1.33. The molecule has 0 atom stereocenters. The molecule has 3 aromatic heterocycles. The summed E-state index contributed by atoms with van der Waals surface area (Å²) in [6.07, 6.45) is 5.10. The molecule has 206 valence electrons. The van der Waals surface area contributed by atoms with Crippen LogP contribution in [0.15, 0.2) is 64.6 Å². The van der Waals surface area contributed by atoms with Crippen molar-refractivity contribution in [2.24, 2.45) is 7.05 Å². The second-order valence-electron chi connectivity index (χ2n) is 9.53. The highest BCUT2D eigenvalue weighted by Gasteiger charge is 2.21. The van der Waals surface area contributed by atoms with Crippen molar-refractivity contribution in [1.82, 2.24) is 28.9 Å². The molecule has 2 aromatic carbocycles. The number of alkyl halides is 2. The number of benzene rings is 2. The number of imidazole rings is 1. The average Bonchev–Trinajstić information content (AvgIpc) is 3.45. The SMILES string of the molecule is Cn1c(=O)c2ccc(-c3cnc(N4CCn5c(c[nH]c5=O)C4)nc3)cc2n1Cc1cc(CO)ccc1OC(F)F. The molecule has 0 unspecified atom stereocenters. The number of aromatic nitrogens is 6. The maximum Gasteiger partial charge on any atom is 0.387 e. The van der Waals surface area contributed by atoms with E-state index in [2.05, 4.69) is 15.0 Å². The van der Waals surface area contributed by atoms with Gasteiger partial charge in [-0.3, -0.25) is 18.7 Å². The molecular weight excluding hydrogens is 524 g/mol. The molecule has 0 saturated heterocycles. The normalized spacial score (nSPS) is 13.3. The molecular formula is C27H25F2N7O4. The minimum absolute atomic E-state index is 0.0315. The van der Waals surface area contributed by atoms with E-state index in [1.165, 1.54) is 16.8 Å². The van der Waals surface area contributed by atoms with E-state index in [1.54, 1.807) is 47.0 Å². The van der Waals surface area contributed by atoms with Gasteiger partial charge in [-0.25, -0.2) is 14.8 Å². The molecule has 0 fully saturated rings. The number of halogens is 2. The van der Waals surface area contributed by atoms with Crippen LogP contribution in [-0.4, -0.2) is 47.1 Å². The van der Waals surface area contributed by atoms with Crippen molar-refractivity contribution in [1.29, 1.82) is 0 Å². The number of hydrogen-bond acceptors (Lipinski definition) is 7. The zero-order valence-corrected chi connectivity index (χ0v) is 21.4. The molecule has 13 heteroatoms. The van der Waals surface area contributed by atoms with Crippen LogP contribution in [-0.2, 0) is 33.3 Å². The third-order valence-corrected chi connectivity index (χ3v) is 7.16. The third-order valence-electron chi connectivity index (χ3n) is 7.16. The van der Waals surface area contributed by atoms with Crippen LogP contribution in [0.4, 0.5) is 14.7 Å². The molecule has 6 rings (SSSR count). The summed E-state index contributed by atoms with van der Waals surface area (Å²) in [4.78, 5) is 38.6. The van der Waals surface area contributed by atoms with Gasteiger partial charge in [0.2, 0.25) is 5.95 Å². The van der Waals surface area contributed by atoms with Crippen molar-refractivity contribution < 1.29 is 18.6 Å². The molecule has 11 nitrogen and oxygen atoms in total. The van der Waals surface area contributed by atoms with E-state index >= 15 is 0 Å². The molecule has 0 bridgehead atoms. The fourth-order valence-corrected chi connectivity index (χ4v) is 5.08. The van der Waals surface area contributed by atoms with E-state index in [-0.39, 0.29) is 30.2 Å². The minimum Gasteiger partial charge on any atom is -0.434 e. The monoisotopic (exact) mass is 549 g/mol. The van der Waals surface area contributed by atoms with Crippen molar-refractivity contribution in [3.63, 3.8) is 0 Å². The number of rotatable bonds is 7. The molecule has 4 heterocycles. The van der Waals surface area contributed by atoms with Crippen LogP contribution in [0.2, 0.25) is 0 Å². The van der Waals surface area contributed by atoms with E-state index in [9.17, 15) is 23.5 Å². The zero-order valence-electron chi connectivity index (χ0n) is 21.4. The molecule has 40 heavy (non-hydrogen) atoms. The summed E-state index contributed by atoms with van der Waals surface area (Å²) < 4.78 is 35.6. The van der Waals surface area contributed by atoms with E-state index in [1.807, 2.05) is 17.0 Å². The highest BCUT2D eigenvalue weighted by molar-refractivity contribution is 5.84. The van der Waals surface area contributed by atoms with Gasteiger partial charge in [-0.15, -0.1) is 0 Å². The molecule has 0 spiro atoms. The highest BCUT2D eigenvalue weighted by Crippen LogP contribution is 2.27. The Bertz CT molecular complexity index is 1820. The topological polar surface area (TPSA) is 123 Å². The Morgan fingerprint density at radius 2 is 1.88 bits per heavy atom. The van der Waals surface area contributed by atoms with Crippen LogP contribution in [0.25, 0.3) is 22.0 Å². The molecule has 0 aliphatic carbocycles. The van der Waals surface area contributed by atoms with Crippen LogP contribution < -0.4 is 20.9 Å². The largest absolute Gasteiger partial charge is 0.434 e. The van der Waals surface area contributed by atoms with Crippen LogP contribution in [0.5, 0.6) is 5.75 Å². The third kappa shape index (κ3) is 4.53. The molecule has 1 aliphatic heterocycles. The molecule has 5 aromatic rings. The lowest BCUT2D eigenvalue weighted by molar-refractivity contribution is -0.0505. The van der Waals surface area contributed by atoms with Crippen LogP contribution in [0, 0.1) is 0 Å². The number of aliphatic hydroxyl groups is 1. The first-order chi connectivity index (χ1) is 19.3. The fourth-order valence-electron chi connectivity index (χ4n) is 5.08. The lowest BCUT2D eigenvalue weighted by atomic mass is 10.1. The summed E-state index contributed by atoms with van der Waals surface area (Å²) in [7, 11) is 1.60. The van der Waals surface area contributed by atoms with Crippen molar-refractivity contribution in [3.05, 3.63) is 92.6 Å². The summed E-state index contributed by atoms with van der Waals surface area (Å²) in [5.74, 6) is 0.507. The Kier molecular flexibility index (Phi) is 6.42. The first-order valence-corrected chi connectivity index (χ1v) is 12.5. The van der Waals surface area contributed by atoms with E-state index in [0.29, 0.717) is 47.6 Å². The van der Waals surface area contributed by atoms with Gasteiger partial charge in [-0.05, 0) is 35.4 Å². The Morgan fingerprint density at radius 1 is 1.07 bits per heavy atom. The first kappa shape index (κ1) is 25.5. The zero-order chi connectivity index (χ0) is 28.0. The van der Waals surface area contributed by atoms with Gasteiger partial charge in [-0.1, -0.05) is 12.1 Å². The van der Waals surface area contributed by atoms with Crippen LogP contribution >= 0.6 is 0 Å². The van der Waals surface area contributed by atoms with Crippen molar-refractivity contribution in [2.45, 2.75) is 32.9 Å². The smallest absolute Gasteiger partial charge is 0.387 e. The predicted octanol–water partition coefficient (Wildman–Crippen LogP) is 2.45. The van der Waals surface area contributed by atoms with Gasteiger partial charge in [0.1, 0.15) is 5.75 Å². The van der Waals surface area contributed by atoms with Gasteiger partial charge < -0.3 is 19.7 Å². The Morgan fingerprint density at radius 3 is 2.62 bits per heavy atom. The number of aromatic amines is 1. The number of aliphatic hydroxyl groups excluding tert-OH is 1. The number of ether oxygens (including phenoxy) is 1. The van der Waals surface area contributed by atoms with Gasteiger partial charge in [0, 0.05) is 49.9 Å². The summed E-state index contributed by atoms with van der Waals surface area (Å²) in [5.41, 5.74) is 3.51. The number of hydrogen-bond donors (Lipinski definition) is 2. The van der Waals surface area contributed by atoms with Crippen LogP contribution in [0.1, 0.15) is 16.8 Å². The number of H-pyrrole nitrogens is 1.